The highest BCUT2D eigenvalue weighted by atomic mass is 32.1. The van der Waals surface area contributed by atoms with Crippen molar-refractivity contribution in [3.05, 3.63) is 62.8 Å². The maximum absolute atomic E-state index is 12.1. The highest BCUT2D eigenvalue weighted by Gasteiger charge is 2.10. The standard InChI is InChI=1S/C17H14N4O2S2/c22-15(7-11-9-25-16(19-11)14-2-1-5-24-14)18-8-10-3-4-12-13(6-10)21-17(23)20-12/h1-6,9H,7-8H2,(H,18,22)(H2,20,21,23). The second-order valence-corrected chi connectivity index (χ2v) is 7.34. The first-order chi connectivity index (χ1) is 12.2. The Morgan fingerprint density at radius 2 is 2.04 bits per heavy atom. The molecule has 0 atom stereocenters. The number of H-pyrrole nitrogens is 2. The lowest BCUT2D eigenvalue weighted by atomic mass is 10.2. The van der Waals surface area contributed by atoms with E-state index in [0.717, 1.165) is 32.2 Å². The van der Waals surface area contributed by atoms with Gasteiger partial charge in [-0.15, -0.1) is 22.7 Å². The molecule has 1 aromatic carbocycles. The van der Waals surface area contributed by atoms with Crippen molar-refractivity contribution in [3.63, 3.8) is 0 Å². The van der Waals surface area contributed by atoms with Crippen molar-refractivity contribution in [1.29, 1.82) is 0 Å². The van der Waals surface area contributed by atoms with Gasteiger partial charge in [-0.1, -0.05) is 12.1 Å². The van der Waals surface area contributed by atoms with E-state index < -0.39 is 0 Å². The van der Waals surface area contributed by atoms with Gasteiger partial charge in [-0.3, -0.25) is 4.79 Å². The van der Waals surface area contributed by atoms with Crippen LogP contribution in [0.5, 0.6) is 0 Å². The Balaban J connectivity index is 1.37. The van der Waals surface area contributed by atoms with Crippen LogP contribution in [0.2, 0.25) is 0 Å². The summed E-state index contributed by atoms with van der Waals surface area (Å²) in [6, 6.07) is 9.56. The molecule has 0 saturated carbocycles. The summed E-state index contributed by atoms with van der Waals surface area (Å²) in [7, 11) is 0. The first-order valence-corrected chi connectivity index (χ1v) is 9.39. The Morgan fingerprint density at radius 1 is 1.16 bits per heavy atom. The molecule has 0 aliphatic carbocycles. The van der Waals surface area contributed by atoms with Crippen molar-refractivity contribution in [3.8, 4) is 9.88 Å². The second kappa shape index (κ2) is 6.66. The number of aromatic amines is 2. The fourth-order valence-electron chi connectivity index (χ4n) is 2.52. The fraction of sp³-hybridized carbons (Fsp3) is 0.118. The third-order valence-electron chi connectivity index (χ3n) is 3.70. The van der Waals surface area contributed by atoms with E-state index in [4.69, 9.17) is 0 Å². The lowest BCUT2D eigenvalue weighted by Crippen LogP contribution is -2.24. The van der Waals surface area contributed by atoms with Crippen molar-refractivity contribution in [2.24, 2.45) is 0 Å². The Kier molecular flexibility index (Phi) is 4.21. The zero-order valence-electron chi connectivity index (χ0n) is 13.0. The van der Waals surface area contributed by atoms with Crippen LogP contribution in [0.15, 0.2) is 45.9 Å². The normalized spacial score (nSPS) is 11.0. The van der Waals surface area contributed by atoms with E-state index in [-0.39, 0.29) is 18.0 Å². The fourth-order valence-corrected chi connectivity index (χ4v) is 4.15. The first-order valence-electron chi connectivity index (χ1n) is 7.63. The molecule has 4 aromatic rings. The number of hydrogen-bond donors (Lipinski definition) is 3. The van der Waals surface area contributed by atoms with Crippen molar-refractivity contribution >= 4 is 39.6 Å². The minimum atomic E-state index is -0.235. The third-order valence-corrected chi connectivity index (χ3v) is 5.63. The highest BCUT2D eigenvalue weighted by molar-refractivity contribution is 7.20. The number of nitrogens with one attached hydrogen (secondary N) is 3. The first kappa shape index (κ1) is 15.8. The SMILES string of the molecule is O=C(Cc1csc(-c2cccs2)n1)NCc1ccc2[nH]c(=O)[nH]c2c1. The molecule has 0 saturated heterocycles. The van der Waals surface area contributed by atoms with Gasteiger partial charge in [0.2, 0.25) is 5.91 Å². The topological polar surface area (TPSA) is 90.6 Å². The van der Waals surface area contributed by atoms with Crippen molar-refractivity contribution < 1.29 is 4.79 Å². The molecule has 0 fully saturated rings. The lowest BCUT2D eigenvalue weighted by molar-refractivity contribution is -0.120. The Labute approximate surface area is 150 Å². The molecule has 6 nitrogen and oxygen atoms in total. The molecule has 0 radical (unpaired) electrons. The van der Waals surface area contributed by atoms with Gasteiger partial charge in [0.25, 0.3) is 0 Å². The van der Waals surface area contributed by atoms with Gasteiger partial charge < -0.3 is 15.3 Å². The maximum atomic E-state index is 12.1. The number of carbonyl (C=O) groups is 1. The molecular weight excluding hydrogens is 356 g/mol. The van der Waals surface area contributed by atoms with E-state index >= 15 is 0 Å². The Hall–Kier alpha value is -2.71. The van der Waals surface area contributed by atoms with Gasteiger partial charge in [-0.05, 0) is 29.1 Å². The Morgan fingerprint density at radius 3 is 2.88 bits per heavy atom. The molecule has 8 heteroatoms. The predicted molar refractivity (Wildman–Crippen MR) is 99.9 cm³/mol. The van der Waals surface area contributed by atoms with Crippen LogP contribution in [0.1, 0.15) is 11.3 Å². The lowest BCUT2D eigenvalue weighted by Gasteiger charge is -2.04. The molecule has 4 rings (SSSR count). The van der Waals surface area contributed by atoms with E-state index in [0.29, 0.717) is 6.54 Å². The van der Waals surface area contributed by atoms with Crippen LogP contribution >= 0.6 is 22.7 Å². The van der Waals surface area contributed by atoms with Crippen LogP contribution in [0.4, 0.5) is 0 Å². The summed E-state index contributed by atoms with van der Waals surface area (Å²) in [6.45, 7) is 0.407. The summed E-state index contributed by atoms with van der Waals surface area (Å²) < 4.78 is 0. The number of thiazole rings is 1. The molecule has 0 bridgehead atoms. The largest absolute Gasteiger partial charge is 0.352 e. The Bertz CT molecular complexity index is 1080. The number of thiophene rings is 1. The number of imidazole rings is 1. The zero-order valence-corrected chi connectivity index (χ0v) is 14.7. The summed E-state index contributed by atoms with van der Waals surface area (Å²) in [5.41, 5.74) is 2.95. The molecule has 0 aliphatic rings. The number of benzene rings is 1. The molecule has 3 heterocycles. The molecule has 126 valence electrons. The molecular formula is C17H14N4O2S2. The summed E-state index contributed by atoms with van der Waals surface area (Å²) in [4.78, 5) is 34.4. The average molecular weight is 370 g/mol. The minimum Gasteiger partial charge on any atom is -0.352 e. The van der Waals surface area contributed by atoms with Crippen LogP contribution in [0.25, 0.3) is 20.9 Å². The van der Waals surface area contributed by atoms with E-state index in [1.54, 1.807) is 22.7 Å². The van der Waals surface area contributed by atoms with Crippen LogP contribution in [-0.4, -0.2) is 20.9 Å². The van der Waals surface area contributed by atoms with Crippen LogP contribution in [0, 0.1) is 0 Å². The monoisotopic (exact) mass is 370 g/mol. The summed E-state index contributed by atoms with van der Waals surface area (Å²) >= 11 is 3.19. The smallest absolute Gasteiger partial charge is 0.323 e. The molecule has 3 aromatic heterocycles. The van der Waals surface area contributed by atoms with Crippen LogP contribution in [0.3, 0.4) is 0 Å². The summed E-state index contributed by atoms with van der Waals surface area (Å²) in [6.07, 6.45) is 0.255. The summed E-state index contributed by atoms with van der Waals surface area (Å²) in [5.74, 6) is -0.0781. The van der Waals surface area contributed by atoms with E-state index in [1.807, 2.05) is 41.1 Å². The van der Waals surface area contributed by atoms with Gasteiger partial charge in [0.05, 0.1) is 28.0 Å². The average Bonchev–Trinajstić information content (AvgIpc) is 3.31. The quantitative estimate of drug-likeness (QED) is 0.504. The number of rotatable bonds is 5. The number of carbonyl (C=O) groups excluding carboxylic acids is 1. The number of fused-ring (bicyclic) bond motifs is 1. The van der Waals surface area contributed by atoms with Gasteiger partial charge in [-0.25, -0.2) is 9.78 Å². The van der Waals surface area contributed by atoms with Crippen molar-refractivity contribution in [2.45, 2.75) is 13.0 Å². The molecule has 3 N–H and O–H groups in total. The van der Waals surface area contributed by atoms with E-state index in [9.17, 15) is 9.59 Å². The molecule has 0 unspecified atom stereocenters. The molecule has 0 spiro atoms. The highest BCUT2D eigenvalue weighted by Crippen LogP contribution is 2.27. The number of nitrogens with zero attached hydrogens (tertiary/aromatic N) is 1. The predicted octanol–water partition coefficient (Wildman–Crippen LogP) is 2.90. The molecule has 1 amide bonds. The minimum absolute atomic E-state index is 0.0781. The second-order valence-electron chi connectivity index (χ2n) is 5.53. The van der Waals surface area contributed by atoms with Gasteiger partial charge in [0.1, 0.15) is 5.01 Å². The molecule has 0 aliphatic heterocycles. The van der Waals surface area contributed by atoms with Crippen molar-refractivity contribution in [2.75, 3.05) is 0 Å². The van der Waals surface area contributed by atoms with Gasteiger partial charge in [0, 0.05) is 11.9 Å². The van der Waals surface area contributed by atoms with Gasteiger partial charge in [-0.2, -0.15) is 0 Å². The molecule has 25 heavy (non-hydrogen) atoms. The summed E-state index contributed by atoms with van der Waals surface area (Å²) in [5, 5.41) is 7.77. The number of aromatic nitrogens is 3. The van der Waals surface area contributed by atoms with Crippen LogP contribution < -0.4 is 11.0 Å². The number of hydrogen-bond acceptors (Lipinski definition) is 5. The van der Waals surface area contributed by atoms with Crippen LogP contribution in [-0.2, 0) is 17.8 Å². The third kappa shape index (κ3) is 3.54. The zero-order chi connectivity index (χ0) is 17.2. The maximum Gasteiger partial charge on any atom is 0.323 e. The van der Waals surface area contributed by atoms with Crippen molar-refractivity contribution in [1.82, 2.24) is 20.3 Å². The number of amides is 1. The van der Waals surface area contributed by atoms with E-state index in [2.05, 4.69) is 20.3 Å². The van der Waals surface area contributed by atoms with Gasteiger partial charge in [0.15, 0.2) is 0 Å². The van der Waals surface area contributed by atoms with Gasteiger partial charge >= 0.3 is 5.69 Å². The van der Waals surface area contributed by atoms with E-state index in [1.165, 1.54) is 0 Å².